The molecule has 0 aliphatic rings. The van der Waals surface area contributed by atoms with Gasteiger partial charge in [-0.1, -0.05) is 23.9 Å². The molecule has 0 saturated heterocycles. The Hall–Kier alpha value is -3.40. The number of carbonyl (C=O) groups is 1. The number of non-ortho nitro benzene ring substituents is 1. The number of ether oxygens (including phenoxy) is 1. The number of anilines is 1. The van der Waals surface area contributed by atoms with E-state index in [9.17, 15) is 19.7 Å². The van der Waals surface area contributed by atoms with E-state index < -0.39 is 10.2 Å². The van der Waals surface area contributed by atoms with Gasteiger partial charge in [-0.25, -0.2) is 4.98 Å². The highest BCUT2D eigenvalue weighted by Gasteiger charge is 2.20. The summed E-state index contributed by atoms with van der Waals surface area (Å²) in [6.45, 7) is 1.68. The van der Waals surface area contributed by atoms with E-state index in [0.29, 0.717) is 21.7 Å². The van der Waals surface area contributed by atoms with Crippen molar-refractivity contribution >= 4 is 39.9 Å². The second-order valence-corrected chi connectivity index (χ2v) is 7.47. The van der Waals surface area contributed by atoms with Gasteiger partial charge in [0.15, 0.2) is 5.16 Å². The quantitative estimate of drug-likeness (QED) is 0.285. The topological polar surface area (TPSA) is 116 Å². The Morgan fingerprint density at radius 3 is 2.72 bits per heavy atom. The van der Waals surface area contributed by atoms with E-state index in [1.807, 2.05) is 0 Å². The van der Waals surface area contributed by atoms with Crippen molar-refractivity contribution < 1.29 is 14.5 Å². The predicted octanol–water partition coefficient (Wildman–Crippen LogP) is 2.97. The van der Waals surface area contributed by atoms with E-state index >= 15 is 0 Å². The maximum Gasteiger partial charge on any atom is 0.273 e. The van der Waals surface area contributed by atoms with Crippen molar-refractivity contribution in [1.82, 2.24) is 9.55 Å². The number of rotatable bonds is 6. The molecule has 0 unspecified atom stereocenters. The Balaban J connectivity index is 1.81. The fraction of sp³-hybridized carbons (Fsp3) is 0.211. The van der Waals surface area contributed by atoms with E-state index in [1.165, 1.54) is 29.9 Å². The van der Waals surface area contributed by atoms with E-state index in [2.05, 4.69) is 10.3 Å². The lowest BCUT2D eigenvalue weighted by molar-refractivity contribution is -0.384. The molecule has 0 aliphatic carbocycles. The molecule has 0 radical (unpaired) electrons. The lowest BCUT2D eigenvalue weighted by Gasteiger charge is -2.15. The monoisotopic (exact) mass is 414 g/mol. The van der Waals surface area contributed by atoms with Crippen LogP contribution in [-0.2, 0) is 11.8 Å². The Morgan fingerprint density at radius 2 is 2.03 bits per heavy atom. The molecule has 29 heavy (non-hydrogen) atoms. The van der Waals surface area contributed by atoms with Crippen LogP contribution in [0.3, 0.4) is 0 Å². The summed E-state index contributed by atoms with van der Waals surface area (Å²) >= 11 is 1.14. The largest absolute Gasteiger partial charge is 0.494 e. The molecule has 1 aromatic heterocycles. The zero-order valence-electron chi connectivity index (χ0n) is 15.9. The van der Waals surface area contributed by atoms with Crippen LogP contribution in [-0.4, -0.2) is 32.7 Å². The number of aromatic nitrogens is 2. The molecule has 10 heteroatoms. The first-order chi connectivity index (χ1) is 13.8. The van der Waals surface area contributed by atoms with Crippen LogP contribution >= 0.6 is 11.8 Å². The van der Waals surface area contributed by atoms with Gasteiger partial charge in [0.25, 0.3) is 11.2 Å². The third kappa shape index (κ3) is 4.21. The number of fused-ring (bicyclic) bond motifs is 1. The van der Waals surface area contributed by atoms with Crippen LogP contribution in [0, 0.1) is 10.1 Å². The van der Waals surface area contributed by atoms with Crippen molar-refractivity contribution in [1.29, 1.82) is 0 Å². The van der Waals surface area contributed by atoms with Crippen LogP contribution in [0.25, 0.3) is 10.9 Å². The molecule has 1 atom stereocenters. The van der Waals surface area contributed by atoms with Crippen molar-refractivity contribution in [3.05, 3.63) is 62.9 Å². The normalized spacial score (nSPS) is 11.8. The Morgan fingerprint density at radius 1 is 1.31 bits per heavy atom. The van der Waals surface area contributed by atoms with Crippen molar-refractivity contribution in [3.63, 3.8) is 0 Å². The van der Waals surface area contributed by atoms with E-state index in [0.717, 1.165) is 11.8 Å². The summed E-state index contributed by atoms with van der Waals surface area (Å²) in [5, 5.41) is 13.9. The van der Waals surface area contributed by atoms with Crippen LogP contribution < -0.4 is 15.6 Å². The van der Waals surface area contributed by atoms with Crippen LogP contribution in [0.1, 0.15) is 6.92 Å². The third-order valence-electron chi connectivity index (χ3n) is 4.25. The summed E-state index contributed by atoms with van der Waals surface area (Å²) in [5.41, 5.74) is 0.541. The molecule has 3 aromatic rings. The lowest BCUT2D eigenvalue weighted by Crippen LogP contribution is -2.25. The average Bonchev–Trinajstić information content (AvgIpc) is 2.71. The summed E-state index contributed by atoms with van der Waals surface area (Å²) < 4.78 is 6.54. The van der Waals surface area contributed by atoms with Gasteiger partial charge in [0.05, 0.1) is 39.9 Å². The van der Waals surface area contributed by atoms with Crippen molar-refractivity contribution in [2.75, 3.05) is 12.4 Å². The number of nitro benzene ring substituents is 1. The van der Waals surface area contributed by atoms with Gasteiger partial charge in [-0.2, -0.15) is 0 Å². The number of carbonyl (C=O) groups excluding carboxylic acids is 1. The molecule has 0 aliphatic heterocycles. The Labute approximate surface area is 169 Å². The molecule has 0 fully saturated rings. The maximum absolute atomic E-state index is 12.6. The SMILES string of the molecule is COc1cc([N+](=O)[O-])ccc1NC(=O)[C@H](C)Sc1nc2ccccc2c(=O)n1C. The predicted molar refractivity (Wildman–Crippen MR) is 111 cm³/mol. The summed E-state index contributed by atoms with van der Waals surface area (Å²) in [5.74, 6) is -0.175. The minimum absolute atomic E-state index is 0.141. The summed E-state index contributed by atoms with van der Waals surface area (Å²) in [6, 6.07) is 10.9. The van der Waals surface area contributed by atoms with E-state index in [4.69, 9.17) is 4.74 Å². The standard InChI is InChI=1S/C19H18N4O5S/c1-11(17(24)20-15-9-8-12(23(26)27)10-16(15)28-3)29-19-21-14-7-5-4-6-13(14)18(25)22(19)2/h4-11H,1-3H3,(H,20,24)/t11-/m0/s1. The highest BCUT2D eigenvalue weighted by Crippen LogP contribution is 2.30. The van der Waals surface area contributed by atoms with Crippen molar-refractivity contribution in [2.45, 2.75) is 17.3 Å². The second kappa shape index (κ2) is 8.31. The Bertz CT molecular complexity index is 1160. The van der Waals surface area contributed by atoms with Gasteiger partial charge in [0, 0.05) is 13.1 Å². The van der Waals surface area contributed by atoms with Crippen molar-refractivity contribution in [2.24, 2.45) is 7.05 Å². The third-order valence-corrected chi connectivity index (χ3v) is 5.39. The molecule has 1 heterocycles. The van der Waals surface area contributed by atoms with Crippen LogP contribution in [0.4, 0.5) is 11.4 Å². The maximum atomic E-state index is 12.6. The number of hydrogen-bond acceptors (Lipinski definition) is 7. The van der Waals surface area contributed by atoms with Gasteiger partial charge in [-0.3, -0.25) is 24.3 Å². The number of nitrogens with zero attached hydrogens (tertiary/aromatic N) is 3. The smallest absolute Gasteiger partial charge is 0.273 e. The number of benzene rings is 2. The number of para-hydroxylation sites is 1. The van der Waals surface area contributed by atoms with Gasteiger partial charge >= 0.3 is 0 Å². The molecule has 1 N–H and O–H groups in total. The summed E-state index contributed by atoms with van der Waals surface area (Å²) in [4.78, 5) is 40.0. The minimum atomic E-state index is -0.589. The molecular formula is C19H18N4O5S. The van der Waals surface area contributed by atoms with Gasteiger partial charge in [0.1, 0.15) is 5.75 Å². The molecule has 150 valence electrons. The van der Waals surface area contributed by atoms with Crippen LogP contribution in [0.15, 0.2) is 52.4 Å². The van der Waals surface area contributed by atoms with E-state index in [1.54, 1.807) is 38.2 Å². The number of nitrogens with one attached hydrogen (secondary N) is 1. The lowest BCUT2D eigenvalue weighted by atomic mass is 10.2. The van der Waals surface area contributed by atoms with Crippen molar-refractivity contribution in [3.8, 4) is 5.75 Å². The zero-order valence-corrected chi connectivity index (χ0v) is 16.7. The number of methoxy groups -OCH3 is 1. The molecule has 0 spiro atoms. The van der Waals surface area contributed by atoms with Gasteiger partial charge in [-0.15, -0.1) is 0 Å². The molecular weight excluding hydrogens is 396 g/mol. The molecule has 2 aromatic carbocycles. The van der Waals surface area contributed by atoms with Gasteiger partial charge in [-0.05, 0) is 25.1 Å². The average molecular weight is 414 g/mol. The Kier molecular flexibility index (Phi) is 5.83. The first kappa shape index (κ1) is 20.3. The van der Waals surface area contributed by atoms with E-state index in [-0.39, 0.29) is 22.9 Å². The minimum Gasteiger partial charge on any atom is -0.494 e. The fourth-order valence-corrected chi connectivity index (χ4v) is 3.52. The molecule has 9 nitrogen and oxygen atoms in total. The first-order valence-corrected chi connectivity index (χ1v) is 9.45. The number of thioether (sulfide) groups is 1. The number of hydrogen-bond donors (Lipinski definition) is 1. The van der Waals surface area contributed by atoms with Crippen LogP contribution in [0.5, 0.6) is 5.75 Å². The number of nitro groups is 1. The molecule has 0 saturated carbocycles. The zero-order chi connectivity index (χ0) is 21.1. The second-order valence-electron chi connectivity index (χ2n) is 6.17. The molecule has 1 amide bonds. The highest BCUT2D eigenvalue weighted by molar-refractivity contribution is 8.00. The summed E-state index contributed by atoms with van der Waals surface area (Å²) in [6.07, 6.45) is 0. The van der Waals surface area contributed by atoms with Gasteiger partial charge in [0.2, 0.25) is 5.91 Å². The summed E-state index contributed by atoms with van der Waals surface area (Å²) in [7, 11) is 2.97. The fourth-order valence-electron chi connectivity index (χ4n) is 2.65. The first-order valence-electron chi connectivity index (χ1n) is 8.57. The van der Waals surface area contributed by atoms with Crippen LogP contribution in [0.2, 0.25) is 0 Å². The highest BCUT2D eigenvalue weighted by atomic mass is 32.2. The number of amides is 1. The molecule has 3 rings (SSSR count). The molecule has 0 bridgehead atoms. The van der Waals surface area contributed by atoms with Gasteiger partial charge < -0.3 is 10.1 Å².